The number of benzene rings is 2. The van der Waals surface area contributed by atoms with Crippen molar-refractivity contribution in [3.8, 4) is 0 Å². The van der Waals surface area contributed by atoms with Gasteiger partial charge in [-0.3, -0.25) is 0 Å². The third-order valence-electron chi connectivity index (χ3n) is 3.16. The maximum atomic E-state index is 2.34. The third kappa shape index (κ3) is 1.25. The standard InChI is InChI=1S/C15H15N/c1-11(2)16-10-9-13-8-7-12-5-3-4-6-14(12)15(13)16/h3-11H,1-2H3. The average Bonchev–Trinajstić information content (AvgIpc) is 2.73. The second kappa shape index (κ2) is 3.38. The van der Waals surface area contributed by atoms with Crippen LogP contribution in [-0.4, -0.2) is 4.57 Å². The third-order valence-corrected chi connectivity index (χ3v) is 3.16. The summed E-state index contributed by atoms with van der Waals surface area (Å²) in [5.74, 6) is 0. The molecule has 3 rings (SSSR count). The van der Waals surface area contributed by atoms with Gasteiger partial charge in [0.1, 0.15) is 0 Å². The first kappa shape index (κ1) is 9.46. The lowest BCUT2D eigenvalue weighted by Gasteiger charge is -2.11. The van der Waals surface area contributed by atoms with E-state index >= 15 is 0 Å². The second-order valence-corrected chi connectivity index (χ2v) is 4.54. The number of nitrogens with zero attached hydrogens (tertiary/aromatic N) is 1. The first-order valence-corrected chi connectivity index (χ1v) is 5.75. The Morgan fingerprint density at radius 2 is 1.62 bits per heavy atom. The summed E-state index contributed by atoms with van der Waals surface area (Å²) in [6.45, 7) is 4.45. The summed E-state index contributed by atoms with van der Waals surface area (Å²) in [6, 6.07) is 15.7. The van der Waals surface area contributed by atoms with Crippen molar-refractivity contribution in [1.29, 1.82) is 0 Å². The van der Waals surface area contributed by atoms with Crippen molar-refractivity contribution in [3.05, 3.63) is 48.7 Å². The van der Waals surface area contributed by atoms with Gasteiger partial charge in [0.15, 0.2) is 0 Å². The minimum Gasteiger partial charge on any atom is -0.344 e. The predicted octanol–water partition coefficient (Wildman–Crippen LogP) is 4.38. The summed E-state index contributed by atoms with van der Waals surface area (Å²) in [4.78, 5) is 0. The lowest BCUT2D eigenvalue weighted by Crippen LogP contribution is -1.98. The minimum atomic E-state index is 0.503. The van der Waals surface area contributed by atoms with Gasteiger partial charge in [0.2, 0.25) is 0 Å². The van der Waals surface area contributed by atoms with E-state index in [1.165, 1.54) is 21.7 Å². The lowest BCUT2D eigenvalue weighted by molar-refractivity contribution is 0.624. The Bertz CT molecular complexity index is 647. The Morgan fingerprint density at radius 1 is 0.875 bits per heavy atom. The van der Waals surface area contributed by atoms with Crippen molar-refractivity contribution in [2.75, 3.05) is 0 Å². The van der Waals surface area contributed by atoms with Gasteiger partial charge in [-0.2, -0.15) is 0 Å². The molecular formula is C15H15N. The monoisotopic (exact) mass is 209 g/mol. The zero-order valence-electron chi connectivity index (χ0n) is 9.64. The van der Waals surface area contributed by atoms with E-state index in [9.17, 15) is 0 Å². The lowest BCUT2D eigenvalue weighted by atomic mass is 10.1. The number of hydrogen-bond acceptors (Lipinski definition) is 0. The van der Waals surface area contributed by atoms with E-state index in [1.807, 2.05) is 0 Å². The molecule has 0 saturated carbocycles. The van der Waals surface area contributed by atoms with Crippen LogP contribution >= 0.6 is 0 Å². The van der Waals surface area contributed by atoms with Gasteiger partial charge >= 0.3 is 0 Å². The zero-order valence-corrected chi connectivity index (χ0v) is 9.64. The Hall–Kier alpha value is -1.76. The van der Waals surface area contributed by atoms with Crippen LogP contribution in [0.1, 0.15) is 19.9 Å². The van der Waals surface area contributed by atoms with Gasteiger partial charge in [-0.15, -0.1) is 0 Å². The van der Waals surface area contributed by atoms with Gasteiger partial charge in [-0.1, -0.05) is 36.4 Å². The molecule has 0 saturated heterocycles. The van der Waals surface area contributed by atoms with Gasteiger partial charge in [0.05, 0.1) is 5.52 Å². The summed E-state index contributed by atoms with van der Waals surface area (Å²) < 4.78 is 2.34. The Morgan fingerprint density at radius 3 is 2.44 bits per heavy atom. The molecule has 1 heteroatoms. The largest absolute Gasteiger partial charge is 0.344 e. The van der Waals surface area contributed by atoms with E-state index in [-0.39, 0.29) is 0 Å². The summed E-state index contributed by atoms with van der Waals surface area (Å²) in [5.41, 5.74) is 1.35. The smallest absolute Gasteiger partial charge is 0.0562 e. The molecule has 3 aromatic rings. The van der Waals surface area contributed by atoms with Crippen LogP contribution in [0.2, 0.25) is 0 Å². The number of fused-ring (bicyclic) bond motifs is 3. The van der Waals surface area contributed by atoms with Crippen molar-refractivity contribution in [3.63, 3.8) is 0 Å². The molecule has 0 fully saturated rings. The average molecular weight is 209 g/mol. The molecule has 0 radical (unpaired) electrons. The van der Waals surface area contributed by atoms with Crippen LogP contribution in [0.4, 0.5) is 0 Å². The van der Waals surface area contributed by atoms with E-state index in [0.29, 0.717) is 6.04 Å². The molecule has 1 aromatic heterocycles. The summed E-state index contributed by atoms with van der Waals surface area (Å²) in [6.07, 6.45) is 2.18. The van der Waals surface area contributed by atoms with E-state index in [0.717, 1.165) is 0 Å². The normalized spacial score (nSPS) is 11.7. The van der Waals surface area contributed by atoms with Crippen molar-refractivity contribution in [2.24, 2.45) is 0 Å². The molecule has 80 valence electrons. The number of hydrogen-bond donors (Lipinski definition) is 0. The van der Waals surface area contributed by atoms with Gasteiger partial charge in [-0.25, -0.2) is 0 Å². The molecule has 0 amide bonds. The molecule has 2 aromatic carbocycles. The molecule has 0 aliphatic rings. The topological polar surface area (TPSA) is 4.93 Å². The molecule has 0 spiro atoms. The highest BCUT2D eigenvalue weighted by molar-refractivity contribution is 6.05. The number of aromatic nitrogens is 1. The molecule has 0 bridgehead atoms. The maximum absolute atomic E-state index is 2.34. The maximum Gasteiger partial charge on any atom is 0.0562 e. The summed E-state index contributed by atoms with van der Waals surface area (Å²) in [7, 11) is 0. The summed E-state index contributed by atoms with van der Waals surface area (Å²) in [5, 5.41) is 3.99. The predicted molar refractivity (Wildman–Crippen MR) is 69.8 cm³/mol. The molecule has 0 N–H and O–H groups in total. The van der Waals surface area contributed by atoms with Crippen LogP contribution in [-0.2, 0) is 0 Å². The van der Waals surface area contributed by atoms with Crippen LogP contribution in [0.25, 0.3) is 21.7 Å². The highest BCUT2D eigenvalue weighted by atomic mass is 15.0. The SMILES string of the molecule is CC(C)n1ccc2ccc3ccccc3c21. The van der Waals surface area contributed by atoms with Gasteiger partial charge < -0.3 is 4.57 Å². The van der Waals surface area contributed by atoms with E-state index in [4.69, 9.17) is 0 Å². The van der Waals surface area contributed by atoms with Crippen LogP contribution in [0.15, 0.2) is 48.7 Å². The van der Waals surface area contributed by atoms with Crippen molar-refractivity contribution < 1.29 is 0 Å². The van der Waals surface area contributed by atoms with Gasteiger partial charge in [0, 0.05) is 23.0 Å². The number of rotatable bonds is 1. The first-order chi connectivity index (χ1) is 7.77. The molecular weight excluding hydrogens is 194 g/mol. The van der Waals surface area contributed by atoms with E-state index in [1.54, 1.807) is 0 Å². The van der Waals surface area contributed by atoms with Gasteiger partial charge in [-0.05, 0) is 25.3 Å². The molecule has 0 unspecified atom stereocenters. The Kier molecular flexibility index (Phi) is 2.00. The molecule has 16 heavy (non-hydrogen) atoms. The highest BCUT2D eigenvalue weighted by Crippen LogP contribution is 2.28. The quantitative estimate of drug-likeness (QED) is 0.560. The van der Waals surface area contributed by atoms with Crippen LogP contribution in [0.5, 0.6) is 0 Å². The minimum absolute atomic E-state index is 0.503. The Balaban J connectivity index is 2.52. The molecule has 0 atom stereocenters. The van der Waals surface area contributed by atoms with Crippen LogP contribution in [0.3, 0.4) is 0 Å². The van der Waals surface area contributed by atoms with E-state index in [2.05, 4.69) is 67.1 Å². The van der Waals surface area contributed by atoms with Crippen LogP contribution in [0, 0.1) is 0 Å². The molecule has 0 aliphatic heterocycles. The fourth-order valence-corrected chi connectivity index (χ4v) is 2.36. The van der Waals surface area contributed by atoms with Crippen molar-refractivity contribution in [1.82, 2.24) is 4.57 Å². The molecule has 1 nitrogen and oxygen atoms in total. The zero-order chi connectivity index (χ0) is 11.1. The molecule has 1 heterocycles. The van der Waals surface area contributed by atoms with Gasteiger partial charge in [0.25, 0.3) is 0 Å². The van der Waals surface area contributed by atoms with Crippen molar-refractivity contribution in [2.45, 2.75) is 19.9 Å². The highest BCUT2D eigenvalue weighted by Gasteiger charge is 2.07. The fraction of sp³-hybridized carbons (Fsp3) is 0.200. The first-order valence-electron chi connectivity index (χ1n) is 5.75. The molecule has 0 aliphatic carbocycles. The van der Waals surface area contributed by atoms with Crippen molar-refractivity contribution >= 4 is 21.7 Å². The van der Waals surface area contributed by atoms with E-state index < -0.39 is 0 Å². The summed E-state index contributed by atoms with van der Waals surface area (Å²) >= 11 is 0. The fourth-order valence-electron chi connectivity index (χ4n) is 2.36. The Labute approximate surface area is 95.3 Å². The second-order valence-electron chi connectivity index (χ2n) is 4.54. The van der Waals surface area contributed by atoms with Crippen LogP contribution < -0.4 is 0 Å².